The molecule has 2 bridgehead atoms. The lowest BCUT2D eigenvalue weighted by Gasteiger charge is -2.32. The fourth-order valence-electron chi connectivity index (χ4n) is 3.77. The zero-order valence-electron chi connectivity index (χ0n) is 14.4. The lowest BCUT2D eigenvalue weighted by Crippen LogP contribution is -2.44. The van der Waals surface area contributed by atoms with E-state index >= 15 is 0 Å². The van der Waals surface area contributed by atoms with Crippen LogP contribution < -0.4 is 5.32 Å². The summed E-state index contributed by atoms with van der Waals surface area (Å²) in [5.74, 6) is -0.0501. The molecule has 0 unspecified atom stereocenters. The topological polar surface area (TPSA) is 54.5 Å². The third-order valence-corrected chi connectivity index (χ3v) is 5.03. The van der Waals surface area contributed by atoms with Crippen LogP contribution in [0, 0.1) is 12.8 Å². The molecule has 2 aromatic rings. The molecular formula is C20H23N3O2. The van der Waals surface area contributed by atoms with Gasteiger partial charge in [0.05, 0.1) is 30.0 Å². The Hall–Kier alpha value is -2.24. The highest BCUT2D eigenvalue weighted by Gasteiger charge is 2.44. The van der Waals surface area contributed by atoms with E-state index in [1.54, 1.807) is 12.4 Å². The van der Waals surface area contributed by atoms with Crippen molar-refractivity contribution in [1.82, 2.24) is 9.88 Å². The number of aryl methyl sites for hydroxylation is 1. The third-order valence-electron chi connectivity index (χ3n) is 5.03. The summed E-state index contributed by atoms with van der Waals surface area (Å²) in [6, 6.07) is 12.3. The van der Waals surface area contributed by atoms with Crippen LogP contribution in [0.15, 0.2) is 48.8 Å². The Bertz CT molecular complexity index is 732. The zero-order chi connectivity index (χ0) is 17.2. The summed E-state index contributed by atoms with van der Waals surface area (Å²) in [5, 5.41) is 2.97. The van der Waals surface area contributed by atoms with Gasteiger partial charge in [-0.1, -0.05) is 29.8 Å². The monoisotopic (exact) mass is 337 g/mol. The van der Waals surface area contributed by atoms with Crippen molar-refractivity contribution in [3.05, 3.63) is 59.9 Å². The van der Waals surface area contributed by atoms with Crippen molar-refractivity contribution in [3.63, 3.8) is 0 Å². The lowest BCUT2D eigenvalue weighted by atomic mass is 9.99. The van der Waals surface area contributed by atoms with Gasteiger partial charge in [0.15, 0.2) is 0 Å². The molecule has 2 fully saturated rings. The third kappa shape index (κ3) is 3.72. The molecule has 5 nitrogen and oxygen atoms in total. The molecule has 5 heteroatoms. The van der Waals surface area contributed by atoms with E-state index in [1.165, 1.54) is 11.1 Å². The van der Waals surface area contributed by atoms with Gasteiger partial charge < -0.3 is 10.1 Å². The van der Waals surface area contributed by atoms with Crippen LogP contribution in [0.1, 0.15) is 17.5 Å². The molecule has 1 aromatic heterocycles. The molecular weight excluding hydrogens is 314 g/mol. The van der Waals surface area contributed by atoms with Gasteiger partial charge in [0.2, 0.25) is 5.91 Å². The second-order valence-electron chi connectivity index (χ2n) is 7.05. The normalized spacial score (nSPS) is 25.7. The van der Waals surface area contributed by atoms with Crippen LogP contribution in [0.5, 0.6) is 0 Å². The Labute approximate surface area is 148 Å². The van der Waals surface area contributed by atoms with E-state index in [9.17, 15) is 4.79 Å². The first-order valence-electron chi connectivity index (χ1n) is 8.81. The van der Waals surface area contributed by atoms with Crippen molar-refractivity contribution < 1.29 is 9.53 Å². The minimum Gasteiger partial charge on any atom is -0.371 e. The second kappa shape index (κ2) is 6.94. The number of hydrogen-bond acceptors (Lipinski definition) is 4. The summed E-state index contributed by atoms with van der Waals surface area (Å²) in [5.41, 5.74) is 3.33. The predicted molar refractivity (Wildman–Crippen MR) is 96.1 cm³/mol. The molecule has 3 atom stereocenters. The first kappa shape index (κ1) is 16.2. The Morgan fingerprint density at radius 2 is 2.12 bits per heavy atom. The first-order valence-corrected chi connectivity index (χ1v) is 8.81. The molecule has 0 spiro atoms. The molecule has 1 N–H and O–H groups in total. The fraction of sp³-hybridized carbons (Fsp3) is 0.400. The van der Waals surface area contributed by atoms with Gasteiger partial charge in [-0.05, 0) is 31.0 Å². The number of nitrogens with one attached hydrogen (secondary N) is 1. The van der Waals surface area contributed by atoms with Crippen LogP contribution in [0.25, 0.3) is 0 Å². The van der Waals surface area contributed by atoms with Crippen LogP contribution in [0.3, 0.4) is 0 Å². The molecule has 25 heavy (non-hydrogen) atoms. The highest BCUT2D eigenvalue weighted by atomic mass is 16.5. The first-order chi connectivity index (χ1) is 12.2. The smallest absolute Gasteiger partial charge is 0.230 e. The van der Waals surface area contributed by atoms with Gasteiger partial charge in [-0.3, -0.25) is 14.7 Å². The van der Waals surface area contributed by atoms with E-state index in [1.807, 2.05) is 12.1 Å². The molecule has 3 heterocycles. The molecule has 2 aliphatic rings. The number of likely N-dealkylation sites (tertiary alicyclic amines) is 1. The van der Waals surface area contributed by atoms with Crippen LogP contribution in [0.2, 0.25) is 0 Å². The van der Waals surface area contributed by atoms with Crippen LogP contribution in [-0.4, -0.2) is 41.1 Å². The Kier molecular flexibility index (Phi) is 4.51. The fourth-order valence-corrected chi connectivity index (χ4v) is 3.77. The molecule has 0 saturated carbocycles. The van der Waals surface area contributed by atoms with Gasteiger partial charge in [0, 0.05) is 25.8 Å². The number of hydrogen-bond donors (Lipinski definition) is 1. The average Bonchev–Trinajstić information content (AvgIpc) is 2.92. The standard InChI is InChI=1S/C20H23N3O2/c1-14-4-6-15(7-5-14)11-23-12-17-9-18(19(13-23)25-17)20(24)22-16-3-2-8-21-10-16/h2-8,10,17-19H,9,11-13H2,1H3,(H,22,24)/t17-,18+,19-/m1/s1. The number of benzene rings is 1. The zero-order valence-corrected chi connectivity index (χ0v) is 14.4. The summed E-state index contributed by atoms with van der Waals surface area (Å²) < 4.78 is 6.04. The van der Waals surface area contributed by atoms with Crippen LogP contribution >= 0.6 is 0 Å². The number of nitrogens with zero attached hydrogens (tertiary/aromatic N) is 2. The van der Waals surface area contributed by atoms with Crippen LogP contribution in [0.4, 0.5) is 5.69 Å². The van der Waals surface area contributed by atoms with Crippen molar-refractivity contribution in [2.45, 2.75) is 32.1 Å². The van der Waals surface area contributed by atoms with Crippen LogP contribution in [-0.2, 0) is 16.1 Å². The Morgan fingerprint density at radius 3 is 2.88 bits per heavy atom. The van der Waals surface area contributed by atoms with Gasteiger partial charge in [0.1, 0.15) is 0 Å². The number of anilines is 1. The molecule has 1 amide bonds. The van der Waals surface area contributed by atoms with E-state index in [-0.39, 0.29) is 24.0 Å². The number of morpholine rings is 1. The average molecular weight is 337 g/mol. The molecule has 1 aromatic carbocycles. The highest BCUT2D eigenvalue weighted by molar-refractivity contribution is 5.93. The lowest BCUT2D eigenvalue weighted by molar-refractivity contribution is -0.123. The molecule has 0 radical (unpaired) electrons. The van der Waals surface area contributed by atoms with Crippen molar-refractivity contribution >= 4 is 11.6 Å². The van der Waals surface area contributed by atoms with E-state index in [0.29, 0.717) is 0 Å². The van der Waals surface area contributed by atoms with Crippen molar-refractivity contribution in [2.24, 2.45) is 5.92 Å². The SMILES string of the molecule is Cc1ccc(CN2C[C@H]3C[C@H](C(=O)Nc4cccnc4)[C@@H](C2)O3)cc1. The van der Waals surface area contributed by atoms with Crippen molar-refractivity contribution in [1.29, 1.82) is 0 Å². The van der Waals surface area contributed by atoms with Gasteiger partial charge in [0.25, 0.3) is 0 Å². The quantitative estimate of drug-likeness (QED) is 0.932. The maximum Gasteiger partial charge on any atom is 0.230 e. The molecule has 2 aliphatic heterocycles. The highest BCUT2D eigenvalue weighted by Crippen LogP contribution is 2.33. The maximum absolute atomic E-state index is 12.6. The number of ether oxygens (including phenoxy) is 1. The number of fused-ring (bicyclic) bond motifs is 2. The second-order valence-corrected chi connectivity index (χ2v) is 7.05. The molecule has 0 aliphatic carbocycles. The van der Waals surface area contributed by atoms with E-state index in [2.05, 4.69) is 46.4 Å². The molecule has 130 valence electrons. The number of aromatic nitrogens is 1. The van der Waals surface area contributed by atoms with E-state index in [0.717, 1.165) is 31.7 Å². The number of amides is 1. The van der Waals surface area contributed by atoms with Gasteiger partial charge in [-0.15, -0.1) is 0 Å². The maximum atomic E-state index is 12.6. The van der Waals surface area contributed by atoms with Crippen molar-refractivity contribution in [2.75, 3.05) is 18.4 Å². The van der Waals surface area contributed by atoms with Gasteiger partial charge in [-0.25, -0.2) is 0 Å². The predicted octanol–water partition coefficient (Wildman–Crippen LogP) is 2.62. The van der Waals surface area contributed by atoms with Gasteiger partial charge >= 0.3 is 0 Å². The van der Waals surface area contributed by atoms with Crippen molar-refractivity contribution in [3.8, 4) is 0 Å². The summed E-state index contributed by atoms with van der Waals surface area (Å²) in [4.78, 5) is 19.1. The molecule has 2 saturated heterocycles. The van der Waals surface area contributed by atoms with E-state index in [4.69, 9.17) is 4.74 Å². The largest absolute Gasteiger partial charge is 0.371 e. The number of rotatable bonds is 4. The Morgan fingerprint density at radius 1 is 1.28 bits per heavy atom. The van der Waals surface area contributed by atoms with E-state index < -0.39 is 0 Å². The Balaban J connectivity index is 1.38. The minimum absolute atomic E-state index is 0.0270. The summed E-state index contributed by atoms with van der Waals surface area (Å²) >= 11 is 0. The summed E-state index contributed by atoms with van der Waals surface area (Å²) in [6.45, 7) is 4.70. The molecule has 4 rings (SSSR count). The number of pyridine rings is 1. The summed E-state index contributed by atoms with van der Waals surface area (Å²) in [6.07, 6.45) is 4.28. The minimum atomic E-state index is -0.0896. The van der Waals surface area contributed by atoms with Gasteiger partial charge in [-0.2, -0.15) is 0 Å². The number of carbonyl (C=O) groups excluding carboxylic acids is 1. The summed E-state index contributed by atoms with van der Waals surface area (Å²) in [7, 11) is 0. The number of carbonyl (C=O) groups is 1.